The molecule has 204 valence electrons. The predicted octanol–water partition coefficient (Wildman–Crippen LogP) is 2.16. The van der Waals surface area contributed by atoms with Crippen LogP contribution in [0, 0.1) is 0 Å². The van der Waals surface area contributed by atoms with E-state index in [2.05, 4.69) is 4.98 Å². The van der Waals surface area contributed by atoms with Crippen molar-refractivity contribution in [1.29, 1.82) is 0 Å². The van der Waals surface area contributed by atoms with Crippen molar-refractivity contribution in [2.24, 2.45) is 14.1 Å². The number of hydrogen-bond donors (Lipinski definition) is 0. The summed E-state index contributed by atoms with van der Waals surface area (Å²) in [5.74, 6) is -1.30. The van der Waals surface area contributed by atoms with Crippen LogP contribution in [-0.2, 0) is 47.4 Å². The van der Waals surface area contributed by atoms with Gasteiger partial charge in [0, 0.05) is 47.3 Å². The molecule has 5 heterocycles. The van der Waals surface area contributed by atoms with Gasteiger partial charge < -0.3 is 28.1 Å². The van der Waals surface area contributed by atoms with Crippen molar-refractivity contribution in [3.63, 3.8) is 0 Å². The maximum Gasteiger partial charge on any atom is 0.303 e. The summed E-state index contributed by atoms with van der Waals surface area (Å²) in [7, 11) is 3.80. The molecule has 0 saturated carbocycles. The Kier molecular flexibility index (Phi) is 6.91. The van der Waals surface area contributed by atoms with E-state index in [1.807, 2.05) is 59.9 Å². The van der Waals surface area contributed by atoms with Crippen molar-refractivity contribution in [3.8, 4) is 22.9 Å². The standard InChI is InChI=1S/C26H28N6O7/c1-14(33)36-12-19-22(37-15(2)34)23(38-16(3)35)26(39-19)32-13-27-21-20(17-8-6-10-30(17)4)28-24(29-25(21)32)18-9-7-11-31(18)5/h6-11,13,19,22-23,26H,12H2,1-5H3/t19-,22-,23-,26-/m1/s1. The van der Waals surface area contributed by atoms with Gasteiger partial charge in [0.1, 0.15) is 23.9 Å². The molecule has 39 heavy (non-hydrogen) atoms. The monoisotopic (exact) mass is 536 g/mol. The van der Waals surface area contributed by atoms with Crippen LogP contribution in [0.1, 0.15) is 27.0 Å². The van der Waals surface area contributed by atoms with Gasteiger partial charge in [0.15, 0.2) is 29.9 Å². The molecule has 0 bridgehead atoms. The van der Waals surface area contributed by atoms with Gasteiger partial charge in [-0.3, -0.25) is 19.0 Å². The number of esters is 3. The van der Waals surface area contributed by atoms with Crippen LogP contribution in [0.3, 0.4) is 0 Å². The van der Waals surface area contributed by atoms with Crippen molar-refractivity contribution in [2.75, 3.05) is 6.61 Å². The molecule has 0 N–H and O–H groups in total. The molecule has 1 saturated heterocycles. The first-order valence-electron chi connectivity index (χ1n) is 12.2. The number of aromatic nitrogens is 6. The molecule has 0 amide bonds. The fourth-order valence-corrected chi connectivity index (χ4v) is 4.71. The molecular formula is C26H28N6O7. The third-order valence-electron chi connectivity index (χ3n) is 6.40. The zero-order valence-electron chi connectivity index (χ0n) is 22.1. The van der Waals surface area contributed by atoms with Gasteiger partial charge in [0.05, 0.1) is 17.7 Å². The number of carbonyl (C=O) groups is 3. The molecule has 0 aromatic carbocycles. The molecule has 5 rings (SSSR count). The lowest BCUT2D eigenvalue weighted by Gasteiger charge is -2.23. The summed E-state index contributed by atoms with van der Waals surface area (Å²) in [5, 5.41) is 0. The summed E-state index contributed by atoms with van der Waals surface area (Å²) in [5.41, 5.74) is 3.09. The van der Waals surface area contributed by atoms with Crippen molar-refractivity contribution in [2.45, 2.75) is 45.3 Å². The van der Waals surface area contributed by atoms with Crippen LogP contribution in [0.5, 0.6) is 0 Å². The highest BCUT2D eigenvalue weighted by Crippen LogP contribution is 2.37. The molecule has 1 aliphatic heterocycles. The zero-order valence-corrected chi connectivity index (χ0v) is 22.1. The molecule has 1 aliphatic rings. The lowest BCUT2D eigenvalue weighted by Crippen LogP contribution is -2.40. The Labute approximate surface area is 223 Å². The minimum Gasteiger partial charge on any atom is -0.463 e. The van der Waals surface area contributed by atoms with E-state index in [9.17, 15) is 14.4 Å². The van der Waals surface area contributed by atoms with Crippen LogP contribution >= 0.6 is 0 Å². The fraction of sp³-hybridized carbons (Fsp3) is 0.385. The van der Waals surface area contributed by atoms with Gasteiger partial charge >= 0.3 is 17.9 Å². The second-order valence-electron chi connectivity index (χ2n) is 9.24. The van der Waals surface area contributed by atoms with Crippen LogP contribution < -0.4 is 0 Å². The van der Waals surface area contributed by atoms with Crippen LogP contribution in [0.25, 0.3) is 34.1 Å². The Balaban J connectivity index is 1.68. The molecule has 0 aliphatic carbocycles. The second-order valence-corrected chi connectivity index (χ2v) is 9.24. The van der Waals surface area contributed by atoms with E-state index in [4.69, 9.17) is 28.9 Å². The maximum atomic E-state index is 12.1. The number of ether oxygens (including phenoxy) is 4. The van der Waals surface area contributed by atoms with Crippen molar-refractivity contribution >= 4 is 29.1 Å². The maximum absolute atomic E-state index is 12.1. The SMILES string of the molecule is CC(=O)OC[C@H]1O[C@@H](n2cnc3c(-c4cccn4C)nc(-c4cccn4C)nc32)[C@H](OC(C)=O)[C@@H]1OC(C)=O. The third kappa shape index (κ3) is 5.00. The first-order valence-corrected chi connectivity index (χ1v) is 12.2. The fourth-order valence-electron chi connectivity index (χ4n) is 4.71. The van der Waals surface area contributed by atoms with Gasteiger partial charge in [-0.15, -0.1) is 0 Å². The number of rotatable bonds is 7. The Hall–Kier alpha value is -4.52. The van der Waals surface area contributed by atoms with Gasteiger partial charge in [-0.05, 0) is 24.3 Å². The minimum absolute atomic E-state index is 0.216. The number of nitrogens with zero attached hydrogens (tertiary/aromatic N) is 6. The molecule has 0 unspecified atom stereocenters. The number of imidazole rings is 1. The average molecular weight is 537 g/mol. The largest absolute Gasteiger partial charge is 0.463 e. The van der Waals surface area contributed by atoms with Gasteiger partial charge in [0.25, 0.3) is 0 Å². The Bertz CT molecular complexity index is 1550. The summed E-state index contributed by atoms with van der Waals surface area (Å²) in [6.45, 7) is 3.52. The van der Waals surface area contributed by atoms with E-state index in [-0.39, 0.29) is 6.61 Å². The van der Waals surface area contributed by atoms with E-state index in [0.717, 1.165) is 11.4 Å². The lowest BCUT2D eigenvalue weighted by molar-refractivity contribution is -0.166. The highest BCUT2D eigenvalue weighted by molar-refractivity contribution is 5.88. The lowest BCUT2D eigenvalue weighted by atomic mass is 10.1. The summed E-state index contributed by atoms with van der Waals surface area (Å²) in [6.07, 6.45) is 1.28. The number of aryl methyl sites for hydroxylation is 2. The average Bonchev–Trinajstić information content (AvgIpc) is 3.64. The molecule has 4 aromatic heterocycles. The van der Waals surface area contributed by atoms with E-state index < -0.39 is 42.4 Å². The van der Waals surface area contributed by atoms with Crippen molar-refractivity contribution in [1.82, 2.24) is 28.7 Å². The van der Waals surface area contributed by atoms with Crippen molar-refractivity contribution < 1.29 is 33.3 Å². The topological polar surface area (TPSA) is 142 Å². The Morgan fingerprint density at radius 1 is 0.897 bits per heavy atom. The third-order valence-corrected chi connectivity index (χ3v) is 6.40. The summed E-state index contributed by atoms with van der Waals surface area (Å²) >= 11 is 0. The second kappa shape index (κ2) is 10.3. The first-order chi connectivity index (χ1) is 18.6. The normalized spacial score (nSPS) is 20.7. The first kappa shape index (κ1) is 26.1. The van der Waals surface area contributed by atoms with Crippen LogP contribution in [0.2, 0.25) is 0 Å². The summed E-state index contributed by atoms with van der Waals surface area (Å²) < 4.78 is 27.9. The van der Waals surface area contributed by atoms with Gasteiger partial charge in [-0.1, -0.05) is 0 Å². The van der Waals surface area contributed by atoms with Crippen molar-refractivity contribution in [3.05, 3.63) is 43.0 Å². The molecule has 4 atom stereocenters. The highest BCUT2D eigenvalue weighted by atomic mass is 16.7. The van der Waals surface area contributed by atoms with Gasteiger partial charge in [-0.2, -0.15) is 0 Å². The molecule has 0 radical (unpaired) electrons. The molecule has 13 nitrogen and oxygen atoms in total. The predicted molar refractivity (Wildman–Crippen MR) is 136 cm³/mol. The van der Waals surface area contributed by atoms with Crippen LogP contribution in [0.15, 0.2) is 43.0 Å². The smallest absolute Gasteiger partial charge is 0.303 e. The molecular weight excluding hydrogens is 508 g/mol. The van der Waals surface area contributed by atoms with Gasteiger partial charge in [0.2, 0.25) is 0 Å². The van der Waals surface area contributed by atoms with E-state index >= 15 is 0 Å². The van der Waals surface area contributed by atoms with E-state index in [1.54, 1.807) is 4.57 Å². The van der Waals surface area contributed by atoms with Crippen LogP contribution in [0.4, 0.5) is 0 Å². The Morgan fingerprint density at radius 2 is 1.54 bits per heavy atom. The minimum atomic E-state index is -1.07. The quantitative estimate of drug-likeness (QED) is 0.255. The number of fused-ring (bicyclic) bond motifs is 1. The highest BCUT2D eigenvalue weighted by Gasteiger charge is 2.51. The van der Waals surface area contributed by atoms with E-state index in [1.165, 1.54) is 27.1 Å². The van der Waals surface area contributed by atoms with Crippen LogP contribution in [-0.4, -0.2) is 71.5 Å². The zero-order chi connectivity index (χ0) is 27.8. The summed E-state index contributed by atoms with van der Waals surface area (Å²) in [6, 6.07) is 7.62. The molecule has 1 fully saturated rings. The number of hydrogen-bond acceptors (Lipinski definition) is 10. The Morgan fingerprint density at radius 3 is 2.13 bits per heavy atom. The molecule has 13 heteroatoms. The number of carbonyl (C=O) groups excluding carboxylic acids is 3. The molecule has 0 spiro atoms. The van der Waals surface area contributed by atoms with Gasteiger partial charge in [-0.25, -0.2) is 15.0 Å². The van der Waals surface area contributed by atoms with E-state index in [0.29, 0.717) is 22.7 Å². The molecule has 4 aromatic rings. The summed E-state index contributed by atoms with van der Waals surface area (Å²) in [4.78, 5) is 49.9.